The van der Waals surface area contributed by atoms with E-state index in [4.69, 9.17) is 5.84 Å². The Morgan fingerprint density at radius 1 is 1.38 bits per heavy atom. The highest BCUT2D eigenvalue weighted by atomic mass is 32.2. The van der Waals surface area contributed by atoms with Crippen LogP contribution in [0.4, 0.5) is 0 Å². The summed E-state index contributed by atoms with van der Waals surface area (Å²) in [7, 11) is -3.28. The third-order valence-corrected chi connectivity index (χ3v) is 4.51. The maximum Gasteiger partial charge on any atom is 0.252 e. The van der Waals surface area contributed by atoms with Crippen LogP contribution in [0.1, 0.15) is 24.0 Å². The number of fused-ring (bicyclic) bond motifs is 1. The van der Waals surface area contributed by atoms with Gasteiger partial charge in [-0.15, -0.1) is 0 Å². The first-order valence-electron chi connectivity index (χ1n) is 6.48. The summed E-state index contributed by atoms with van der Waals surface area (Å²) in [5, 5.41) is 5.68. The molecule has 0 fully saturated rings. The summed E-state index contributed by atoms with van der Waals surface area (Å²) in [6, 6.07) is 5.11. The SMILES string of the molecule is CS(=O)(=O)c1cccc2c1CCCC(C(=O)NC=NN)=C2. The second kappa shape index (κ2) is 6.09. The predicted molar refractivity (Wildman–Crippen MR) is 81.3 cm³/mol. The lowest BCUT2D eigenvalue weighted by Crippen LogP contribution is -2.23. The quantitative estimate of drug-likeness (QED) is 0.374. The molecule has 1 aromatic rings. The van der Waals surface area contributed by atoms with Crippen LogP contribution in [0.3, 0.4) is 0 Å². The first-order chi connectivity index (χ1) is 9.93. The fraction of sp³-hybridized carbons (Fsp3) is 0.286. The minimum absolute atomic E-state index is 0.276. The number of hydrogen-bond donors (Lipinski definition) is 2. The van der Waals surface area contributed by atoms with Crippen molar-refractivity contribution in [2.45, 2.75) is 24.2 Å². The third kappa shape index (κ3) is 3.49. The van der Waals surface area contributed by atoms with Crippen LogP contribution in [0, 0.1) is 0 Å². The molecule has 0 bridgehead atoms. The molecular formula is C14H17N3O3S. The molecule has 0 unspecified atom stereocenters. The summed E-state index contributed by atoms with van der Waals surface area (Å²) in [6.07, 6.45) is 5.96. The van der Waals surface area contributed by atoms with Gasteiger partial charge in [0, 0.05) is 11.8 Å². The topological polar surface area (TPSA) is 102 Å². The minimum Gasteiger partial charge on any atom is -0.322 e. The Kier molecular flexibility index (Phi) is 4.42. The van der Waals surface area contributed by atoms with Gasteiger partial charge in [-0.25, -0.2) is 8.42 Å². The van der Waals surface area contributed by atoms with Gasteiger partial charge in [-0.05, 0) is 42.5 Å². The molecule has 1 aliphatic rings. The molecule has 0 aliphatic heterocycles. The van der Waals surface area contributed by atoms with Crippen molar-refractivity contribution >= 4 is 28.2 Å². The predicted octanol–water partition coefficient (Wildman–Crippen LogP) is 0.828. The summed E-state index contributed by atoms with van der Waals surface area (Å²) in [4.78, 5) is 12.3. The average Bonchev–Trinajstić information content (AvgIpc) is 2.65. The van der Waals surface area contributed by atoms with Crippen LogP contribution >= 0.6 is 0 Å². The van der Waals surface area contributed by atoms with E-state index in [0.717, 1.165) is 17.5 Å². The van der Waals surface area contributed by atoms with Crippen molar-refractivity contribution in [2.24, 2.45) is 10.9 Å². The number of nitrogens with zero attached hydrogens (tertiary/aromatic N) is 1. The van der Waals surface area contributed by atoms with E-state index in [1.807, 2.05) is 6.07 Å². The van der Waals surface area contributed by atoms with Crippen molar-refractivity contribution in [3.8, 4) is 0 Å². The van der Waals surface area contributed by atoms with Crippen molar-refractivity contribution < 1.29 is 13.2 Å². The smallest absolute Gasteiger partial charge is 0.252 e. The number of nitrogens with two attached hydrogens (primary N) is 1. The normalized spacial score (nSPS) is 15.2. The molecule has 1 aromatic carbocycles. The monoisotopic (exact) mass is 307 g/mol. The van der Waals surface area contributed by atoms with Gasteiger partial charge in [0.2, 0.25) is 0 Å². The van der Waals surface area contributed by atoms with Crippen molar-refractivity contribution in [3.05, 3.63) is 34.9 Å². The average molecular weight is 307 g/mol. The number of amides is 1. The maximum atomic E-state index is 12.0. The second-order valence-electron chi connectivity index (χ2n) is 4.87. The van der Waals surface area contributed by atoms with Crippen molar-refractivity contribution in [1.29, 1.82) is 0 Å². The van der Waals surface area contributed by atoms with E-state index in [-0.39, 0.29) is 5.91 Å². The van der Waals surface area contributed by atoms with E-state index in [1.165, 1.54) is 6.26 Å². The maximum absolute atomic E-state index is 12.0. The van der Waals surface area contributed by atoms with Crippen molar-refractivity contribution in [2.75, 3.05) is 6.26 Å². The molecular weight excluding hydrogens is 290 g/mol. The van der Waals surface area contributed by atoms with Crippen LogP contribution < -0.4 is 11.2 Å². The lowest BCUT2D eigenvalue weighted by molar-refractivity contribution is -0.116. The van der Waals surface area contributed by atoms with E-state index in [9.17, 15) is 13.2 Å². The Balaban J connectivity index is 2.46. The fourth-order valence-electron chi connectivity index (χ4n) is 2.42. The van der Waals surface area contributed by atoms with Gasteiger partial charge >= 0.3 is 0 Å². The Hall–Kier alpha value is -2.15. The van der Waals surface area contributed by atoms with Crippen LogP contribution in [-0.2, 0) is 21.1 Å². The van der Waals surface area contributed by atoms with Gasteiger partial charge in [-0.1, -0.05) is 12.1 Å². The molecule has 0 radical (unpaired) electrons. The van der Waals surface area contributed by atoms with Crippen LogP contribution in [0.15, 0.2) is 33.8 Å². The summed E-state index contributed by atoms with van der Waals surface area (Å²) in [5.41, 5.74) is 2.12. The molecule has 6 nitrogen and oxygen atoms in total. The lowest BCUT2D eigenvalue weighted by atomic mass is 10.0. The zero-order valence-corrected chi connectivity index (χ0v) is 12.5. The van der Waals surface area contributed by atoms with Gasteiger partial charge in [0.25, 0.3) is 5.91 Å². The van der Waals surface area contributed by atoms with Gasteiger partial charge < -0.3 is 11.2 Å². The largest absolute Gasteiger partial charge is 0.322 e. The molecule has 0 saturated heterocycles. The van der Waals surface area contributed by atoms with E-state index < -0.39 is 9.84 Å². The number of carbonyl (C=O) groups excluding carboxylic acids is 1. The minimum atomic E-state index is -3.28. The number of carbonyl (C=O) groups is 1. The number of hydrogen-bond acceptors (Lipinski definition) is 5. The number of benzene rings is 1. The van der Waals surface area contributed by atoms with Gasteiger partial charge in [-0.2, -0.15) is 5.10 Å². The molecule has 1 aliphatic carbocycles. The van der Waals surface area contributed by atoms with Crippen LogP contribution in [0.25, 0.3) is 6.08 Å². The van der Waals surface area contributed by atoms with Gasteiger partial charge in [0.1, 0.15) is 6.34 Å². The van der Waals surface area contributed by atoms with Crippen molar-refractivity contribution in [3.63, 3.8) is 0 Å². The fourth-order valence-corrected chi connectivity index (χ4v) is 3.41. The molecule has 21 heavy (non-hydrogen) atoms. The van der Waals surface area contributed by atoms with Crippen LogP contribution in [0.5, 0.6) is 0 Å². The summed E-state index contributed by atoms with van der Waals surface area (Å²) in [5.74, 6) is 4.67. The number of sulfone groups is 1. The molecule has 2 rings (SSSR count). The lowest BCUT2D eigenvalue weighted by Gasteiger charge is -2.09. The first kappa shape index (κ1) is 15.2. The zero-order chi connectivity index (χ0) is 15.5. The highest BCUT2D eigenvalue weighted by molar-refractivity contribution is 7.90. The Morgan fingerprint density at radius 2 is 2.14 bits per heavy atom. The molecule has 1 amide bonds. The number of nitrogens with one attached hydrogen (secondary N) is 1. The first-order valence-corrected chi connectivity index (χ1v) is 8.37. The highest BCUT2D eigenvalue weighted by Crippen LogP contribution is 2.28. The molecule has 0 saturated carbocycles. The van der Waals surface area contributed by atoms with Crippen LogP contribution in [0.2, 0.25) is 0 Å². The zero-order valence-electron chi connectivity index (χ0n) is 11.7. The molecule has 0 atom stereocenters. The van der Waals surface area contributed by atoms with Gasteiger partial charge in [0.05, 0.1) is 4.90 Å². The van der Waals surface area contributed by atoms with Gasteiger partial charge in [0.15, 0.2) is 9.84 Å². The third-order valence-electron chi connectivity index (χ3n) is 3.33. The Morgan fingerprint density at radius 3 is 2.81 bits per heavy atom. The molecule has 3 N–H and O–H groups in total. The van der Waals surface area contributed by atoms with E-state index in [1.54, 1.807) is 18.2 Å². The van der Waals surface area contributed by atoms with E-state index in [0.29, 0.717) is 29.7 Å². The van der Waals surface area contributed by atoms with E-state index in [2.05, 4.69) is 10.4 Å². The summed E-state index contributed by atoms with van der Waals surface area (Å²) < 4.78 is 23.7. The summed E-state index contributed by atoms with van der Waals surface area (Å²) in [6.45, 7) is 0. The number of hydrazone groups is 1. The summed E-state index contributed by atoms with van der Waals surface area (Å²) >= 11 is 0. The molecule has 0 heterocycles. The molecule has 0 aromatic heterocycles. The van der Waals surface area contributed by atoms with Crippen molar-refractivity contribution in [1.82, 2.24) is 5.32 Å². The highest BCUT2D eigenvalue weighted by Gasteiger charge is 2.19. The number of rotatable bonds is 3. The van der Waals surface area contributed by atoms with Gasteiger partial charge in [-0.3, -0.25) is 4.79 Å². The van der Waals surface area contributed by atoms with E-state index >= 15 is 0 Å². The van der Waals surface area contributed by atoms with Crippen LogP contribution in [-0.4, -0.2) is 26.9 Å². The molecule has 7 heteroatoms. The standard InChI is InChI=1S/C14H17N3O3S/c1-21(19,20)13-7-3-4-10-8-11(5-2-6-12(10)13)14(18)16-9-17-15/h3-4,7-9H,2,5-6,15H2,1H3,(H,16,17,18). The molecule has 0 spiro atoms. The Labute approximate surface area is 123 Å². The second-order valence-corrected chi connectivity index (χ2v) is 6.86. The molecule has 112 valence electrons. The Bertz CT molecular complexity index is 721.